The lowest BCUT2D eigenvalue weighted by Crippen LogP contribution is -2.20. The second-order valence-electron chi connectivity index (χ2n) is 5.08. The quantitative estimate of drug-likeness (QED) is 0.565. The molecule has 0 fully saturated rings. The van der Waals surface area contributed by atoms with Crippen LogP contribution in [-0.2, 0) is 4.79 Å². The summed E-state index contributed by atoms with van der Waals surface area (Å²) in [7, 11) is 0. The van der Waals surface area contributed by atoms with Crippen LogP contribution in [0.2, 0.25) is 0 Å². The molecule has 0 aliphatic carbocycles. The molecule has 122 valence electrons. The summed E-state index contributed by atoms with van der Waals surface area (Å²) >= 11 is 1.25. The lowest BCUT2D eigenvalue weighted by Gasteiger charge is -2.06. The van der Waals surface area contributed by atoms with E-state index in [0.29, 0.717) is 16.4 Å². The molecule has 0 aliphatic rings. The first kappa shape index (κ1) is 15.9. The molecule has 8 heteroatoms. The van der Waals surface area contributed by atoms with Gasteiger partial charge in [-0.05, 0) is 30.7 Å². The fourth-order valence-corrected chi connectivity index (χ4v) is 2.95. The predicted octanol–water partition coefficient (Wildman–Crippen LogP) is 3.53. The van der Waals surface area contributed by atoms with Crippen LogP contribution >= 0.6 is 11.3 Å². The van der Waals surface area contributed by atoms with Gasteiger partial charge in [0, 0.05) is 12.1 Å². The number of hydrogen-bond acceptors (Lipinski definition) is 6. The van der Waals surface area contributed by atoms with E-state index in [1.807, 2.05) is 25.1 Å². The van der Waals surface area contributed by atoms with Gasteiger partial charge >= 0.3 is 0 Å². The molecule has 0 atom stereocenters. The summed E-state index contributed by atoms with van der Waals surface area (Å²) in [6, 6.07) is 11.8. The topological polar surface area (TPSA) is 94.4 Å². The average molecular weight is 343 g/mol. The van der Waals surface area contributed by atoms with Crippen molar-refractivity contribution in [3.05, 3.63) is 58.1 Å². The van der Waals surface area contributed by atoms with E-state index >= 15 is 0 Å². The summed E-state index contributed by atoms with van der Waals surface area (Å²) in [5.74, 6) is 0.273. The molecule has 0 unspecified atom stereocenters. The number of ether oxygens (including phenoxy) is 1. The van der Waals surface area contributed by atoms with E-state index in [4.69, 9.17) is 4.74 Å². The van der Waals surface area contributed by atoms with Crippen molar-refractivity contribution in [2.24, 2.45) is 0 Å². The van der Waals surface area contributed by atoms with Crippen molar-refractivity contribution < 1.29 is 14.5 Å². The van der Waals surface area contributed by atoms with Crippen LogP contribution in [0.3, 0.4) is 0 Å². The second-order valence-corrected chi connectivity index (χ2v) is 6.11. The SMILES string of the molecule is Cc1cccc(OCC(=O)Nc2nc3cc([N+](=O)[O-])ccc3s2)c1. The number of nitro benzene ring substituents is 1. The van der Waals surface area contributed by atoms with Crippen molar-refractivity contribution >= 4 is 38.3 Å². The number of amides is 1. The molecule has 0 aliphatic heterocycles. The van der Waals surface area contributed by atoms with Crippen LogP contribution in [0.4, 0.5) is 10.8 Å². The number of non-ortho nitro benzene ring substituents is 1. The molecule has 1 heterocycles. The average Bonchev–Trinajstić information content (AvgIpc) is 2.94. The largest absolute Gasteiger partial charge is 0.484 e. The third-order valence-corrected chi connectivity index (χ3v) is 4.14. The summed E-state index contributed by atoms with van der Waals surface area (Å²) in [6.45, 7) is 1.80. The molecular formula is C16H13N3O4S. The molecule has 1 aromatic heterocycles. The molecule has 3 rings (SSSR count). The van der Waals surface area contributed by atoms with Crippen molar-refractivity contribution in [1.29, 1.82) is 0 Å². The summed E-state index contributed by atoms with van der Waals surface area (Å²) in [5, 5.41) is 13.8. The van der Waals surface area contributed by atoms with Gasteiger partial charge in [0.1, 0.15) is 5.75 Å². The number of hydrogen-bond donors (Lipinski definition) is 1. The minimum atomic E-state index is -0.479. The molecule has 2 aromatic carbocycles. The fourth-order valence-electron chi connectivity index (χ4n) is 2.09. The number of fused-ring (bicyclic) bond motifs is 1. The van der Waals surface area contributed by atoms with E-state index in [1.54, 1.807) is 12.1 Å². The van der Waals surface area contributed by atoms with Crippen molar-refractivity contribution in [1.82, 2.24) is 4.98 Å². The molecule has 1 amide bonds. The standard InChI is InChI=1S/C16H13N3O4S/c1-10-3-2-4-12(7-10)23-9-15(20)18-16-17-13-8-11(19(21)22)5-6-14(13)24-16/h2-8H,9H2,1H3,(H,17,18,20). The van der Waals surface area contributed by atoms with E-state index in [1.165, 1.54) is 23.5 Å². The Labute approximate surface area is 141 Å². The molecule has 1 N–H and O–H groups in total. The van der Waals surface area contributed by atoms with Gasteiger partial charge in [0.2, 0.25) is 0 Å². The number of nitrogens with one attached hydrogen (secondary N) is 1. The van der Waals surface area contributed by atoms with Gasteiger partial charge < -0.3 is 4.74 Å². The molecule has 3 aromatic rings. The van der Waals surface area contributed by atoms with E-state index in [9.17, 15) is 14.9 Å². The monoisotopic (exact) mass is 343 g/mol. The number of aryl methyl sites for hydroxylation is 1. The van der Waals surface area contributed by atoms with Gasteiger partial charge in [0.25, 0.3) is 11.6 Å². The second kappa shape index (κ2) is 6.63. The third-order valence-electron chi connectivity index (χ3n) is 3.19. The van der Waals surface area contributed by atoms with Gasteiger partial charge in [0.15, 0.2) is 11.7 Å². The number of benzene rings is 2. The van der Waals surface area contributed by atoms with E-state index < -0.39 is 4.92 Å². The summed E-state index contributed by atoms with van der Waals surface area (Å²) in [5.41, 5.74) is 1.48. The van der Waals surface area contributed by atoms with Crippen molar-refractivity contribution in [2.45, 2.75) is 6.92 Å². The number of aromatic nitrogens is 1. The zero-order valence-electron chi connectivity index (χ0n) is 12.7. The Morgan fingerprint density at radius 3 is 2.92 bits per heavy atom. The van der Waals surface area contributed by atoms with E-state index in [-0.39, 0.29) is 18.2 Å². The van der Waals surface area contributed by atoms with Crippen LogP contribution in [0.5, 0.6) is 5.75 Å². The Hall–Kier alpha value is -3.00. The van der Waals surface area contributed by atoms with Gasteiger partial charge in [-0.1, -0.05) is 23.5 Å². The van der Waals surface area contributed by atoms with Crippen molar-refractivity contribution in [3.8, 4) is 5.75 Å². The van der Waals surface area contributed by atoms with Crippen molar-refractivity contribution in [2.75, 3.05) is 11.9 Å². The Kier molecular flexibility index (Phi) is 4.39. The fraction of sp³-hybridized carbons (Fsp3) is 0.125. The minimum absolute atomic E-state index is 0.0338. The Balaban J connectivity index is 1.65. The molecule has 0 spiro atoms. The van der Waals surface area contributed by atoms with Crippen LogP contribution < -0.4 is 10.1 Å². The highest BCUT2D eigenvalue weighted by molar-refractivity contribution is 7.22. The number of carbonyl (C=O) groups excluding carboxylic acids is 1. The van der Waals surface area contributed by atoms with E-state index in [2.05, 4.69) is 10.3 Å². The first-order valence-corrected chi connectivity index (χ1v) is 7.87. The molecule has 7 nitrogen and oxygen atoms in total. The zero-order valence-corrected chi connectivity index (χ0v) is 13.5. The van der Waals surface area contributed by atoms with Gasteiger partial charge in [-0.3, -0.25) is 20.2 Å². The smallest absolute Gasteiger partial charge is 0.271 e. The highest BCUT2D eigenvalue weighted by Crippen LogP contribution is 2.28. The maximum Gasteiger partial charge on any atom is 0.271 e. The molecule has 0 saturated heterocycles. The van der Waals surface area contributed by atoms with E-state index in [0.717, 1.165) is 10.3 Å². The number of rotatable bonds is 5. The summed E-state index contributed by atoms with van der Waals surface area (Å²) in [4.78, 5) is 26.4. The van der Waals surface area contributed by atoms with Gasteiger partial charge in [-0.15, -0.1) is 0 Å². The van der Waals surface area contributed by atoms with Crippen LogP contribution in [0.15, 0.2) is 42.5 Å². The van der Waals surface area contributed by atoms with Gasteiger partial charge in [-0.2, -0.15) is 0 Å². The lowest BCUT2D eigenvalue weighted by atomic mass is 10.2. The van der Waals surface area contributed by atoms with Crippen LogP contribution in [-0.4, -0.2) is 22.4 Å². The molecular weight excluding hydrogens is 330 g/mol. The first-order chi connectivity index (χ1) is 11.5. The minimum Gasteiger partial charge on any atom is -0.484 e. The van der Waals surface area contributed by atoms with Crippen LogP contribution in [0.1, 0.15) is 5.56 Å². The predicted molar refractivity (Wildman–Crippen MR) is 91.6 cm³/mol. The molecule has 0 radical (unpaired) electrons. The number of anilines is 1. The molecule has 0 saturated carbocycles. The Morgan fingerprint density at radius 2 is 2.17 bits per heavy atom. The third kappa shape index (κ3) is 3.66. The normalized spacial score (nSPS) is 10.5. The number of nitro groups is 1. The highest BCUT2D eigenvalue weighted by atomic mass is 32.1. The Morgan fingerprint density at radius 1 is 1.33 bits per heavy atom. The zero-order chi connectivity index (χ0) is 17.1. The Bertz CT molecular complexity index is 923. The highest BCUT2D eigenvalue weighted by Gasteiger charge is 2.12. The van der Waals surface area contributed by atoms with Crippen LogP contribution in [0, 0.1) is 17.0 Å². The number of carbonyl (C=O) groups is 1. The molecule has 0 bridgehead atoms. The van der Waals surface area contributed by atoms with Gasteiger partial charge in [-0.25, -0.2) is 4.98 Å². The number of thiazole rings is 1. The van der Waals surface area contributed by atoms with Crippen LogP contribution in [0.25, 0.3) is 10.2 Å². The summed E-state index contributed by atoms with van der Waals surface area (Å²) in [6.07, 6.45) is 0. The van der Waals surface area contributed by atoms with Gasteiger partial charge in [0.05, 0.1) is 15.1 Å². The molecule has 24 heavy (non-hydrogen) atoms. The van der Waals surface area contributed by atoms with Crippen molar-refractivity contribution in [3.63, 3.8) is 0 Å². The summed E-state index contributed by atoms with van der Waals surface area (Å²) < 4.78 is 6.18. The maximum atomic E-state index is 11.9. The maximum absolute atomic E-state index is 11.9. The first-order valence-electron chi connectivity index (χ1n) is 7.05. The number of nitrogens with zero attached hydrogens (tertiary/aromatic N) is 2. The lowest BCUT2D eigenvalue weighted by molar-refractivity contribution is -0.384.